The zero-order valence-corrected chi connectivity index (χ0v) is 8.36. The van der Waals surface area contributed by atoms with Crippen LogP contribution in [0, 0.1) is 17.8 Å². The maximum Gasteiger partial charge on any atom is 0.324 e. The number of cyclic esters (lactones) is 1. The van der Waals surface area contributed by atoms with Crippen molar-refractivity contribution in [3.8, 4) is 12.3 Å². The molecule has 1 aliphatic rings. The number of ether oxygens (including phenoxy) is 2. The van der Waals surface area contributed by atoms with Gasteiger partial charge >= 0.3 is 11.9 Å². The van der Waals surface area contributed by atoms with Crippen molar-refractivity contribution in [1.82, 2.24) is 0 Å². The fourth-order valence-corrected chi connectivity index (χ4v) is 1.63. The minimum atomic E-state index is -1.43. The van der Waals surface area contributed by atoms with E-state index in [1.54, 1.807) is 0 Å². The topological polar surface area (TPSA) is 72.8 Å². The molecule has 0 bridgehead atoms. The average molecular weight is 212 g/mol. The lowest BCUT2D eigenvalue weighted by molar-refractivity contribution is -0.163. The number of esters is 2. The summed E-state index contributed by atoms with van der Waals surface area (Å²) in [5.41, 5.74) is -1.43. The van der Waals surface area contributed by atoms with Gasteiger partial charge in [0.05, 0.1) is 13.7 Å². The van der Waals surface area contributed by atoms with Gasteiger partial charge in [-0.3, -0.25) is 9.59 Å². The first-order valence-electron chi connectivity index (χ1n) is 4.44. The fraction of sp³-hybridized carbons (Fsp3) is 0.600. The van der Waals surface area contributed by atoms with Crippen molar-refractivity contribution in [1.29, 1.82) is 0 Å². The third-order valence-electron chi connectivity index (χ3n) is 2.42. The molecule has 0 aliphatic carbocycles. The number of hydrogen-bond donors (Lipinski definition) is 1. The van der Waals surface area contributed by atoms with Crippen LogP contribution in [0.4, 0.5) is 0 Å². The highest BCUT2D eigenvalue weighted by Crippen LogP contribution is 2.38. The Morgan fingerprint density at radius 2 is 2.53 bits per heavy atom. The minimum Gasteiger partial charge on any atom is -0.468 e. The van der Waals surface area contributed by atoms with Crippen LogP contribution in [0.15, 0.2) is 0 Å². The first-order chi connectivity index (χ1) is 7.10. The van der Waals surface area contributed by atoms with Crippen molar-refractivity contribution in [3.05, 3.63) is 0 Å². The Hall–Kier alpha value is -1.54. The molecular formula is C10H12O5. The molecule has 0 radical (unpaired) electrons. The quantitative estimate of drug-likeness (QED) is 0.387. The zero-order valence-electron chi connectivity index (χ0n) is 8.36. The number of terminal acetylenes is 1. The van der Waals surface area contributed by atoms with E-state index in [2.05, 4.69) is 10.7 Å². The molecule has 5 nitrogen and oxygen atoms in total. The second-order valence-electron chi connectivity index (χ2n) is 3.37. The molecule has 2 atom stereocenters. The monoisotopic (exact) mass is 212 g/mol. The van der Waals surface area contributed by atoms with Gasteiger partial charge in [-0.05, 0) is 0 Å². The molecule has 0 aromatic carbocycles. The van der Waals surface area contributed by atoms with Crippen LogP contribution in [0.5, 0.6) is 0 Å². The average Bonchev–Trinajstić information content (AvgIpc) is 2.56. The fourth-order valence-electron chi connectivity index (χ4n) is 1.63. The van der Waals surface area contributed by atoms with Crippen LogP contribution in [0.3, 0.4) is 0 Å². The first-order valence-corrected chi connectivity index (χ1v) is 4.44. The van der Waals surface area contributed by atoms with E-state index >= 15 is 0 Å². The highest BCUT2D eigenvalue weighted by atomic mass is 16.6. The van der Waals surface area contributed by atoms with Crippen LogP contribution >= 0.6 is 0 Å². The van der Waals surface area contributed by atoms with Gasteiger partial charge in [0, 0.05) is 12.8 Å². The molecule has 0 aromatic rings. The summed E-state index contributed by atoms with van der Waals surface area (Å²) in [5.74, 6) is 0.834. The van der Waals surface area contributed by atoms with Gasteiger partial charge in [0.2, 0.25) is 0 Å². The smallest absolute Gasteiger partial charge is 0.324 e. The molecule has 5 heteroatoms. The van der Waals surface area contributed by atoms with Crippen LogP contribution < -0.4 is 0 Å². The first kappa shape index (κ1) is 11.5. The van der Waals surface area contributed by atoms with Gasteiger partial charge in [-0.25, -0.2) is 0 Å². The van der Waals surface area contributed by atoms with Crippen LogP contribution in [-0.4, -0.2) is 36.9 Å². The van der Waals surface area contributed by atoms with Gasteiger partial charge in [-0.15, -0.1) is 12.3 Å². The van der Waals surface area contributed by atoms with Crippen molar-refractivity contribution in [2.75, 3.05) is 13.7 Å². The predicted octanol–water partition coefficient (Wildman–Crippen LogP) is -0.523. The molecule has 1 saturated heterocycles. The molecule has 0 amide bonds. The Kier molecular flexibility index (Phi) is 3.32. The molecule has 2 unspecified atom stereocenters. The molecule has 1 aliphatic heterocycles. The molecule has 1 heterocycles. The summed E-state index contributed by atoms with van der Waals surface area (Å²) in [6.45, 7) is -0.324. The predicted molar refractivity (Wildman–Crippen MR) is 49.5 cm³/mol. The number of aliphatic hydroxyl groups excluding tert-OH is 1. The second kappa shape index (κ2) is 4.32. The van der Waals surface area contributed by atoms with E-state index in [1.165, 1.54) is 7.11 Å². The lowest BCUT2D eigenvalue weighted by atomic mass is 9.82. The summed E-state index contributed by atoms with van der Waals surface area (Å²) < 4.78 is 9.35. The van der Waals surface area contributed by atoms with E-state index in [1.807, 2.05) is 0 Å². The summed E-state index contributed by atoms with van der Waals surface area (Å²) in [5, 5.41) is 8.86. The van der Waals surface area contributed by atoms with E-state index in [0.717, 1.165) is 0 Å². The standard InChI is InChI=1S/C10H12O5/c1-3-4-10(8(12)14-2)5-7(6-11)15-9(10)13/h1,7,11H,4-6H2,2H3. The number of carbonyl (C=O) groups excluding carboxylic acids is 2. The SMILES string of the molecule is C#CCC1(C(=O)OC)CC(CO)OC1=O. The summed E-state index contributed by atoms with van der Waals surface area (Å²) in [7, 11) is 1.18. The van der Waals surface area contributed by atoms with E-state index in [4.69, 9.17) is 16.3 Å². The molecule has 0 aromatic heterocycles. The van der Waals surface area contributed by atoms with Crippen molar-refractivity contribution < 1.29 is 24.2 Å². The Labute approximate surface area is 87.4 Å². The van der Waals surface area contributed by atoms with Crippen LogP contribution in [0.1, 0.15) is 12.8 Å². The van der Waals surface area contributed by atoms with Gasteiger partial charge in [-0.1, -0.05) is 0 Å². The van der Waals surface area contributed by atoms with Crippen LogP contribution in [0.2, 0.25) is 0 Å². The number of carbonyl (C=O) groups is 2. The Morgan fingerprint density at radius 1 is 1.87 bits per heavy atom. The number of rotatable bonds is 3. The van der Waals surface area contributed by atoms with Crippen LogP contribution in [0.25, 0.3) is 0 Å². The molecule has 1 rings (SSSR count). The molecule has 0 spiro atoms. The third kappa shape index (κ3) is 1.81. The van der Waals surface area contributed by atoms with E-state index in [9.17, 15) is 9.59 Å². The van der Waals surface area contributed by atoms with E-state index in [0.29, 0.717) is 0 Å². The van der Waals surface area contributed by atoms with Crippen molar-refractivity contribution >= 4 is 11.9 Å². The molecule has 82 valence electrons. The van der Waals surface area contributed by atoms with Crippen molar-refractivity contribution in [2.45, 2.75) is 18.9 Å². The number of hydrogen-bond acceptors (Lipinski definition) is 5. The summed E-state index contributed by atoms with van der Waals surface area (Å²) in [6.07, 6.45) is 4.43. The Bertz CT molecular complexity index is 316. The summed E-state index contributed by atoms with van der Waals surface area (Å²) in [4.78, 5) is 23.0. The Balaban J connectivity index is 2.97. The lowest BCUT2D eigenvalue weighted by Gasteiger charge is -2.18. The maximum absolute atomic E-state index is 11.5. The van der Waals surface area contributed by atoms with Crippen molar-refractivity contribution in [3.63, 3.8) is 0 Å². The maximum atomic E-state index is 11.5. The van der Waals surface area contributed by atoms with Gasteiger partial charge < -0.3 is 14.6 Å². The third-order valence-corrected chi connectivity index (χ3v) is 2.42. The van der Waals surface area contributed by atoms with Gasteiger partial charge in [0.25, 0.3) is 0 Å². The lowest BCUT2D eigenvalue weighted by Crippen LogP contribution is -2.36. The minimum absolute atomic E-state index is 0.0687. The van der Waals surface area contributed by atoms with E-state index < -0.39 is 23.5 Å². The molecule has 1 N–H and O–H groups in total. The van der Waals surface area contributed by atoms with Gasteiger partial charge in [0.1, 0.15) is 6.10 Å². The van der Waals surface area contributed by atoms with Gasteiger partial charge in [-0.2, -0.15) is 0 Å². The number of aliphatic hydroxyl groups is 1. The molecule has 15 heavy (non-hydrogen) atoms. The summed E-state index contributed by atoms with van der Waals surface area (Å²) >= 11 is 0. The van der Waals surface area contributed by atoms with Gasteiger partial charge in [0.15, 0.2) is 5.41 Å². The van der Waals surface area contributed by atoms with Crippen LogP contribution in [-0.2, 0) is 19.1 Å². The molecular weight excluding hydrogens is 200 g/mol. The highest BCUT2D eigenvalue weighted by molar-refractivity contribution is 6.01. The summed E-state index contributed by atoms with van der Waals surface area (Å²) in [6, 6.07) is 0. The van der Waals surface area contributed by atoms with Crippen molar-refractivity contribution in [2.24, 2.45) is 5.41 Å². The second-order valence-corrected chi connectivity index (χ2v) is 3.37. The highest BCUT2D eigenvalue weighted by Gasteiger charge is 2.55. The number of methoxy groups -OCH3 is 1. The Morgan fingerprint density at radius 3 is 2.93 bits per heavy atom. The normalized spacial score (nSPS) is 29.4. The largest absolute Gasteiger partial charge is 0.468 e. The van der Waals surface area contributed by atoms with E-state index in [-0.39, 0.29) is 19.4 Å². The molecule has 1 fully saturated rings. The zero-order chi connectivity index (χ0) is 11.5. The molecule has 0 saturated carbocycles.